The van der Waals surface area contributed by atoms with Crippen LogP contribution in [0.4, 0.5) is 0 Å². The fourth-order valence-corrected chi connectivity index (χ4v) is 2.81. The second kappa shape index (κ2) is 6.11. The zero-order chi connectivity index (χ0) is 14.7. The predicted octanol–water partition coefficient (Wildman–Crippen LogP) is 1.16. The van der Waals surface area contributed by atoms with E-state index in [9.17, 15) is 4.79 Å². The van der Waals surface area contributed by atoms with Gasteiger partial charge in [-0.05, 0) is 18.2 Å². The van der Waals surface area contributed by atoms with Crippen molar-refractivity contribution in [3.63, 3.8) is 0 Å². The Bertz CT molecular complexity index is 657. The summed E-state index contributed by atoms with van der Waals surface area (Å²) in [6, 6.07) is 5.71. The zero-order valence-corrected chi connectivity index (χ0v) is 12.1. The van der Waals surface area contributed by atoms with Crippen molar-refractivity contribution < 1.29 is 14.3 Å². The average Bonchev–Trinajstić information content (AvgIpc) is 3.12. The van der Waals surface area contributed by atoms with Crippen LogP contribution in [0.5, 0.6) is 11.5 Å². The number of ether oxygens (including phenoxy) is 2. The first kappa shape index (κ1) is 13.8. The Morgan fingerprint density at radius 2 is 2.24 bits per heavy atom. The topological polar surface area (TPSA) is 86.5 Å². The number of thiazole rings is 1. The first-order chi connectivity index (χ1) is 10.3. The summed E-state index contributed by atoms with van der Waals surface area (Å²) in [7, 11) is 0. The van der Waals surface area contributed by atoms with Gasteiger partial charge >= 0.3 is 0 Å². The van der Waals surface area contributed by atoms with E-state index in [1.807, 2.05) is 23.6 Å². The number of amides is 1. The minimum atomic E-state index is -0.0667. The molecule has 110 valence electrons. The molecule has 0 radical (unpaired) electrons. The van der Waals surface area contributed by atoms with Crippen LogP contribution in [-0.2, 0) is 11.2 Å². The van der Waals surface area contributed by atoms with Gasteiger partial charge in [-0.25, -0.2) is 4.98 Å². The van der Waals surface area contributed by atoms with Crippen LogP contribution < -0.4 is 20.5 Å². The molecule has 0 saturated heterocycles. The molecule has 0 unspecified atom stereocenters. The van der Waals surface area contributed by atoms with E-state index in [0.717, 1.165) is 27.8 Å². The number of nitrogens with one attached hydrogen (secondary N) is 1. The molecule has 3 N–H and O–H groups in total. The molecule has 1 aromatic carbocycles. The highest BCUT2D eigenvalue weighted by Gasteiger charge is 2.15. The van der Waals surface area contributed by atoms with Crippen molar-refractivity contribution in [2.45, 2.75) is 6.42 Å². The van der Waals surface area contributed by atoms with Crippen LogP contribution >= 0.6 is 11.3 Å². The van der Waals surface area contributed by atoms with Crippen molar-refractivity contribution in [1.29, 1.82) is 0 Å². The molecule has 0 spiro atoms. The van der Waals surface area contributed by atoms with Gasteiger partial charge in [0.1, 0.15) is 5.01 Å². The van der Waals surface area contributed by atoms with Gasteiger partial charge in [0.25, 0.3) is 0 Å². The van der Waals surface area contributed by atoms with Crippen LogP contribution in [0.2, 0.25) is 0 Å². The number of hydrogen-bond donors (Lipinski definition) is 2. The van der Waals surface area contributed by atoms with Gasteiger partial charge in [0.2, 0.25) is 12.7 Å². The molecule has 0 atom stereocenters. The molecular formula is C14H15N3O3S. The van der Waals surface area contributed by atoms with Crippen molar-refractivity contribution in [2.24, 2.45) is 5.73 Å². The van der Waals surface area contributed by atoms with Crippen molar-refractivity contribution in [3.05, 3.63) is 29.3 Å². The van der Waals surface area contributed by atoms with Crippen molar-refractivity contribution in [1.82, 2.24) is 10.3 Å². The van der Waals surface area contributed by atoms with E-state index in [-0.39, 0.29) is 19.1 Å². The average molecular weight is 305 g/mol. The number of hydrogen-bond acceptors (Lipinski definition) is 6. The summed E-state index contributed by atoms with van der Waals surface area (Å²) in [5, 5.41) is 5.48. The quantitative estimate of drug-likeness (QED) is 0.865. The van der Waals surface area contributed by atoms with Crippen LogP contribution in [0.25, 0.3) is 10.6 Å². The molecule has 1 aliphatic heterocycles. The molecule has 2 heterocycles. The molecular weight excluding hydrogens is 290 g/mol. The van der Waals surface area contributed by atoms with Gasteiger partial charge in [-0.1, -0.05) is 0 Å². The summed E-state index contributed by atoms with van der Waals surface area (Å²) in [5.74, 6) is 1.41. The van der Waals surface area contributed by atoms with Crippen LogP contribution in [0.1, 0.15) is 5.69 Å². The minimum absolute atomic E-state index is 0.0667. The molecule has 1 aromatic heterocycles. The third-order valence-electron chi connectivity index (χ3n) is 2.98. The smallest absolute Gasteiger partial charge is 0.231 e. The highest BCUT2D eigenvalue weighted by atomic mass is 32.1. The third kappa shape index (κ3) is 3.14. The molecule has 1 aliphatic rings. The first-order valence-corrected chi connectivity index (χ1v) is 7.45. The summed E-state index contributed by atoms with van der Waals surface area (Å²) in [5.41, 5.74) is 7.05. The van der Waals surface area contributed by atoms with E-state index in [4.69, 9.17) is 15.2 Å². The zero-order valence-electron chi connectivity index (χ0n) is 11.3. The van der Waals surface area contributed by atoms with E-state index in [0.29, 0.717) is 13.1 Å². The van der Waals surface area contributed by atoms with Crippen LogP contribution in [0.15, 0.2) is 23.6 Å². The molecule has 0 fully saturated rings. The van der Waals surface area contributed by atoms with Gasteiger partial charge in [0.15, 0.2) is 11.5 Å². The van der Waals surface area contributed by atoms with Gasteiger partial charge in [-0.15, -0.1) is 11.3 Å². The van der Waals surface area contributed by atoms with Gasteiger partial charge < -0.3 is 20.5 Å². The molecule has 1 amide bonds. The monoisotopic (exact) mass is 305 g/mol. The SMILES string of the molecule is NCCNC(=O)Cc1csc(-c2ccc3c(c2)OCO3)n1. The lowest BCUT2D eigenvalue weighted by Gasteiger charge is -2.01. The van der Waals surface area contributed by atoms with E-state index < -0.39 is 0 Å². The maximum atomic E-state index is 11.6. The van der Waals surface area contributed by atoms with Crippen LogP contribution in [0, 0.1) is 0 Å². The number of carbonyl (C=O) groups excluding carboxylic acids is 1. The molecule has 3 rings (SSSR count). The number of aromatic nitrogens is 1. The molecule has 0 aliphatic carbocycles. The van der Waals surface area contributed by atoms with Crippen molar-refractivity contribution in [2.75, 3.05) is 19.9 Å². The van der Waals surface area contributed by atoms with Crippen LogP contribution in [-0.4, -0.2) is 30.8 Å². The van der Waals surface area contributed by atoms with Crippen molar-refractivity contribution in [3.8, 4) is 22.1 Å². The summed E-state index contributed by atoms with van der Waals surface area (Å²) < 4.78 is 10.6. The molecule has 6 nitrogen and oxygen atoms in total. The van der Waals surface area contributed by atoms with Gasteiger partial charge in [0, 0.05) is 24.0 Å². The minimum Gasteiger partial charge on any atom is -0.454 e. The third-order valence-corrected chi connectivity index (χ3v) is 3.92. The fraction of sp³-hybridized carbons (Fsp3) is 0.286. The Kier molecular flexibility index (Phi) is 4.03. The lowest BCUT2D eigenvalue weighted by molar-refractivity contribution is -0.120. The Balaban J connectivity index is 1.71. The summed E-state index contributed by atoms with van der Waals surface area (Å²) >= 11 is 1.50. The highest BCUT2D eigenvalue weighted by molar-refractivity contribution is 7.13. The molecule has 0 bridgehead atoms. The lowest BCUT2D eigenvalue weighted by Crippen LogP contribution is -2.30. The second-order valence-electron chi connectivity index (χ2n) is 4.53. The van der Waals surface area contributed by atoms with E-state index in [1.165, 1.54) is 11.3 Å². The van der Waals surface area contributed by atoms with E-state index in [2.05, 4.69) is 10.3 Å². The second-order valence-corrected chi connectivity index (χ2v) is 5.39. The van der Waals surface area contributed by atoms with Gasteiger partial charge in [0.05, 0.1) is 12.1 Å². The Morgan fingerprint density at radius 3 is 3.10 bits per heavy atom. The summed E-state index contributed by atoms with van der Waals surface area (Å²) in [6.45, 7) is 1.17. The number of nitrogens with two attached hydrogens (primary N) is 1. The number of rotatable bonds is 5. The number of benzene rings is 1. The Labute approximate surface area is 125 Å². The van der Waals surface area contributed by atoms with Gasteiger partial charge in [-0.3, -0.25) is 4.79 Å². The fourth-order valence-electron chi connectivity index (χ4n) is 1.99. The maximum Gasteiger partial charge on any atom is 0.231 e. The largest absolute Gasteiger partial charge is 0.454 e. The Morgan fingerprint density at radius 1 is 1.38 bits per heavy atom. The maximum absolute atomic E-state index is 11.6. The first-order valence-electron chi connectivity index (χ1n) is 6.57. The van der Waals surface area contributed by atoms with E-state index in [1.54, 1.807) is 0 Å². The highest BCUT2D eigenvalue weighted by Crippen LogP contribution is 2.36. The molecule has 21 heavy (non-hydrogen) atoms. The van der Waals surface area contributed by atoms with Crippen molar-refractivity contribution >= 4 is 17.2 Å². The van der Waals surface area contributed by atoms with Gasteiger partial charge in [-0.2, -0.15) is 0 Å². The lowest BCUT2D eigenvalue weighted by atomic mass is 10.2. The van der Waals surface area contributed by atoms with Crippen LogP contribution in [0.3, 0.4) is 0 Å². The van der Waals surface area contributed by atoms with E-state index >= 15 is 0 Å². The summed E-state index contributed by atoms with van der Waals surface area (Å²) in [6.07, 6.45) is 0.265. The molecule has 2 aromatic rings. The standard InChI is InChI=1S/C14H15N3O3S/c15-3-4-16-13(18)6-10-7-21-14(17-10)9-1-2-11-12(5-9)20-8-19-11/h1-2,5,7H,3-4,6,8,15H2,(H,16,18). The number of nitrogens with zero attached hydrogens (tertiary/aromatic N) is 1. The Hall–Kier alpha value is -2.12. The molecule has 7 heteroatoms. The normalized spacial score (nSPS) is 12.4. The number of fused-ring (bicyclic) bond motifs is 1. The summed E-state index contributed by atoms with van der Waals surface area (Å²) in [4.78, 5) is 16.1. The molecule has 0 saturated carbocycles. The predicted molar refractivity (Wildman–Crippen MR) is 79.4 cm³/mol. The number of carbonyl (C=O) groups is 1.